The van der Waals surface area contributed by atoms with Crippen molar-refractivity contribution in [3.8, 4) is 5.75 Å². The molecule has 0 radical (unpaired) electrons. The van der Waals surface area contributed by atoms with Crippen LogP contribution >= 0.6 is 11.6 Å². The Morgan fingerprint density at radius 1 is 1.44 bits per heavy atom. The maximum atomic E-state index is 9.55. The molecule has 0 saturated carbocycles. The largest absolute Gasteiger partial charge is 0.493 e. The lowest BCUT2D eigenvalue weighted by Crippen LogP contribution is -2.22. The van der Waals surface area contributed by atoms with Gasteiger partial charge in [0.15, 0.2) is 0 Å². The average Bonchev–Trinajstić information content (AvgIpc) is 2.16. The summed E-state index contributed by atoms with van der Waals surface area (Å²) in [7, 11) is 0. The van der Waals surface area contributed by atoms with Crippen LogP contribution in [0.15, 0.2) is 18.2 Å². The summed E-state index contributed by atoms with van der Waals surface area (Å²) in [5, 5.41) is 10.2. The normalized spacial score (nSPS) is 11.6. The van der Waals surface area contributed by atoms with Crippen molar-refractivity contribution >= 4 is 11.6 Å². The third kappa shape index (κ3) is 4.39. The van der Waals surface area contributed by atoms with E-state index in [1.54, 1.807) is 26.0 Å². The standard InChI is InChI=1S/C12H18ClNO2/c1-12(2,15)5-6-16-11-7-10(13)4-3-9(11)8-14/h3-4,7,15H,5-6,8,14H2,1-2H3. The van der Waals surface area contributed by atoms with Gasteiger partial charge in [0.2, 0.25) is 0 Å². The Hall–Kier alpha value is -0.770. The summed E-state index contributed by atoms with van der Waals surface area (Å²) < 4.78 is 5.56. The van der Waals surface area contributed by atoms with Gasteiger partial charge in [0.05, 0.1) is 12.2 Å². The molecule has 0 bridgehead atoms. The predicted octanol–water partition coefficient (Wildman–Crippen LogP) is 2.34. The van der Waals surface area contributed by atoms with Crippen LogP contribution < -0.4 is 10.5 Å². The lowest BCUT2D eigenvalue weighted by atomic mass is 10.1. The van der Waals surface area contributed by atoms with Crippen LogP contribution in [0.1, 0.15) is 25.8 Å². The molecule has 3 N–H and O–H groups in total. The first-order chi connectivity index (χ1) is 7.42. The van der Waals surface area contributed by atoms with Crippen molar-refractivity contribution in [2.45, 2.75) is 32.4 Å². The van der Waals surface area contributed by atoms with E-state index in [1.807, 2.05) is 6.07 Å². The van der Waals surface area contributed by atoms with Crippen molar-refractivity contribution in [2.24, 2.45) is 5.73 Å². The lowest BCUT2D eigenvalue weighted by Gasteiger charge is -2.18. The van der Waals surface area contributed by atoms with Gasteiger partial charge in [-0.1, -0.05) is 17.7 Å². The summed E-state index contributed by atoms with van der Waals surface area (Å²) >= 11 is 5.87. The molecule has 0 heterocycles. The van der Waals surface area contributed by atoms with Crippen molar-refractivity contribution in [1.29, 1.82) is 0 Å². The molecule has 0 aliphatic carbocycles. The molecule has 1 aromatic carbocycles. The molecule has 0 unspecified atom stereocenters. The quantitative estimate of drug-likeness (QED) is 0.835. The first-order valence-electron chi connectivity index (χ1n) is 5.26. The van der Waals surface area contributed by atoms with Crippen LogP contribution in [0.25, 0.3) is 0 Å². The fourth-order valence-electron chi connectivity index (χ4n) is 1.24. The third-order valence-electron chi connectivity index (χ3n) is 2.22. The molecule has 0 spiro atoms. The molecule has 0 aliphatic heterocycles. The molecule has 0 saturated heterocycles. The zero-order valence-corrected chi connectivity index (χ0v) is 10.4. The fraction of sp³-hybridized carbons (Fsp3) is 0.500. The molecule has 1 aromatic rings. The molecular formula is C12H18ClNO2. The van der Waals surface area contributed by atoms with Crippen LogP contribution in [0, 0.1) is 0 Å². The Morgan fingerprint density at radius 2 is 2.12 bits per heavy atom. The summed E-state index contributed by atoms with van der Waals surface area (Å²) in [6, 6.07) is 5.38. The van der Waals surface area contributed by atoms with E-state index in [0.29, 0.717) is 30.3 Å². The van der Waals surface area contributed by atoms with Gasteiger partial charge >= 0.3 is 0 Å². The Kier molecular flexibility index (Phi) is 4.59. The van der Waals surface area contributed by atoms with Gasteiger partial charge in [0, 0.05) is 23.6 Å². The number of rotatable bonds is 5. The zero-order valence-electron chi connectivity index (χ0n) is 9.66. The van der Waals surface area contributed by atoms with Gasteiger partial charge in [-0.2, -0.15) is 0 Å². The van der Waals surface area contributed by atoms with Crippen molar-refractivity contribution < 1.29 is 9.84 Å². The summed E-state index contributed by atoms with van der Waals surface area (Å²) in [5.41, 5.74) is 5.78. The highest BCUT2D eigenvalue weighted by Crippen LogP contribution is 2.23. The second-order valence-electron chi connectivity index (χ2n) is 4.37. The van der Waals surface area contributed by atoms with Crippen LogP contribution in [-0.4, -0.2) is 17.3 Å². The van der Waals surface area contributed by atoms with E-state index >= 15 is 0 Å². The molecule has 16 heavy (non-hydrogen) atoms. The van der Waals surface area contributed by atoms with Crippen molar-refractivity contribution in [3.63, 3.8) is 0 Å². The van der Waals surface area contributed by atoms with Gasteiger partial charge in [0.25, 0.3) is 0 Å². The van der Waals surface area contributed by atoms with Crippen LogP contribution in [0.4, 0.5) is 0 Å². The third-order valence-corrected chi connectivity index (χ3v) is 2.46. The number of hydrogen-bond acceptors (Lipinski definition) is 3. The van der Waals surface area contributed by atoms with Crippen LogP contribution in [0.3, 0.4) is 0 Å². The molecule has 3 nitrogen and oxygen atoms in total. The second-order valence-corrected chi connectivity index (χ2v) is 4.80. The molecule has 1 rings (SSSR count). The van der Waals surface area contributed by atoms with Crippen LogP contribution in [0.2, 0.25) is 5.02 Å². The topological polar surface area (TPSA) is 55.5 Å². The summed E-state index contributed by atoms with van der Waals surface area (Å²) in [5.74, 6) is 0.694. The summed E-state index contributed by atoms with van der Waals surface area (Å²) in [4.78, 5) is 0. The maximum absolute atomic E-state index is 9.55. The Labute approximate surface area is 101 Å². The molecule has 0 amide bonds. The van der Waals surface area contributed by atoms with Crippen LogP contribution in [-0.2, 0) is 6.54 Å². The van der Waals surface area contributed by atoms with E-state index in [2.05, 4.69) is 0 Å². The highest BCUT2D eigenvalue weighted by atomic mass is 35.5. The zero-order chi connectivity index (χ0) is 12.2. The molecular weight excluding hydrogens is 226 g/mol. The van der Waals surface area contributed by atoms with E-state index < -0.39 is 5.60 Å². The molecule has 0 aromatic heterocycles. The van der Waals surface area contributed by atoms with E-state index in [4.69, 9.17) is 22.1 Å². The van der Waals surface area contributed by atoms with Gasteiger partial charge in [-0.3, -0.25) is 0 Å². The van der Waals surface area contributed by atoms with E-state index in [-0.39, 0.29) is 0 Å². The summed E-state index contributed by atoms with van der Waals surface area (Å²) in [6.45, 7) is 4.35. The second kappa shape index (κ2) is 5.53. The minimum Gasteiger partial charge on any atom is -0.493 e. The lowest BCUT2D eigenvalue weighted by molar-refractivity contribution is 0.0552. The fourth-order valence-corrected chi connectivity index (χ4v) is 1.40. The monoisotopic (exact) mass is 243 g/mol. The highest BCUT2D eigenvalue weighted by Gasteiger charge is 2.12. The van der Waals surface area contributed by atoms with Crippen molar-refractivity contribution in [1.82, 2.24) is 0 Å². The van der Waals surface area contributed by atoms with E-state index in [9.17, 15) is 5.11 Å². The van der Waals surface area contributed by atoms with Gasteiger partial charge in [0.1, 0.15) is 5.75 Å². The minimum atomic E-state index is -0.721. The smallest absolute Gasteiger partial charge is 0.125 e. The van der Waals surface area contributed by atoms with Gasteiger partial charge in [-0.05, 0) is 26.0 Å². The van der Waals surface area contributed by atoms with E-state index in [0.717, 1.165) is 5.56 Å². The molecule has 0 atom stereocenters. The van der Waals surface area contributed by atoms with Gasteiger partial charge in [-0.25, -0.2) is 0 Å². The number of benzene rings is 1. The minimum absolute atomic E-state index is 0.412. The number of aliphatic hydroxyl groups is 1. The summed E-state index contributed by atoms with van der Waals surface area (Å²) in [6.07, 6.45) is 0.559. The molecule has 4 heteroatoms. The number of ether oxygens (including phenoxy) is 1. The van der Waals surface area contributed by atoms with E-state index in [1.165, 1.54) is 0 Å². The molecule has 90 valence electrons. The Bertz CT molecular complexity index is 347. The first-order valence-corrected chi connectivity index (χ1v) is 5.64. The molecule has 0 aliphatic rings. The molecule has 0 fully saturated rings. The SMILES string of the molecule is CC(C)(O)CCOc1cc(Cl)ccc1CN. The van der Waals surface area contributed by atoms with Gasteiger partial charge < -0.3 is 15.6 Å². The van der Waals surface area contributed by atoms with Crippen molar-refractivity contribution in [3.05, 3.63) is 28.8 Å². The Balaban J connectivity index is 2.62. The number of hydrogen-bond donors (Lipinski definition) is 2. The predicted molar refractivity (Wildman–Crippen MR) is 65.8 cm³/mol. The average molecular weight is 244 g/mol. The maximum Gasteiger partial charge on any atom is 0.125 e. The Morgan fingerprint density at radius 3 is 2.69 bits per heavy atom. The highest BCUT2D eigenvalue weighted by molar-refractivity contribution is 6.30. The van der Waals surface area contributed by atoms with Crippen LogP contribution in [0.5, 0.6) is 5.75 Å². The number of nitrogens with two attached hydrogens (primary N) is 1. The number of halogens is 1. The van der Waals surface area contributed by atoms with Gasteiger partial charge in [-0.15, -0.1) is 0 Å². The van der Waals surface area contributed by atoms with Crippen molar-refractivity contribution in [2.75, 3.05) is 6.61 Å². The first kappa shape index (κ1) is 13.3.